The van der Waals surface area contributed by atoms with Crippen LogP contribution in [0.1, 0.15) is 48.4 Å². The number of piperidine rings is 1. The van der Waals surface area contributed by atoms with E-state index in [4.69, 9.17) is 0 Å². The zero-order chi connectivity index (χ0) is 14.7. The quantitative estimate of drug-likeness (QED) is 0.911. The van der Waals surface area contributed by atoms with Crippen LogP contribution in [-0.2, 0) is 6.42 Å². The molecule has 1 aromatic rings. The van der Waals surface area contributed by atoms with Crippen LogP contribution < -0.4 is 0 Å². The second kappa shape index (κ2) is 6.31. The Morgan fingerprint density at radius 3 is 2.85 bits per heavy atom. The molecule has 2 atom stereocenters. The predicted octanol–water partition coefficient (Wildman–Crippen LogP) is 1.58. The number of carbonyl (C=O) groups excluding carboxylic acids is 1. The summed E-state index contributed by atoms with van der Waals surface area (Å²) < 4.78 is 0. The van der Waals surface area contributed by atoms with Crippen LogP contribution in [0.15, 0.2) is 6.07 Å². The highest BCUT2D eigenvalue weighted by Crippen LogP contribution is 2.22. The Labute approximate surface area is 120 Å². The maximum atomic E-state index is 12.7. The lowest BCUT2D eigenvalue weighted by molar-refractivity contribution is 0.0228. The molecule has 0 spiro atoms. The van der Waals surface area contributed by atoms with E-state index in [1.54, 1.807) is 0 Å². The fraction of sp³-hybridized carbons (Fsp3) is 0.667. The van der Waals surface area contributed by atoms with Crippen molar-refractivity contribution in [2.45, 2.75) is 46.1 Å². The van der Waals surface area contributed by atoms with Crippen LogP contribution in [0, 0.1) is 12.8 Å². The van der Waals surface area contributed by atoms with Gasteiger partial charge in [0.05, 0.1) is 23.1 Å². The number of aryl methyl sites for hydroxylation is 2. The highest BCUT2D eigenvalue weighted by molar-refractivity contribution is 5.95. The molecule has 1 N–H and O–H groups in total. The van der Waals surface area contributed by atoms with E-state index in [1.807, 2.05) is 24.8 Å². The lowest BCUT2D eigenvalue weighted by Crippen LogP contribution is -2.46. The van der Waals surface area contributed by atoms with Gasteiger partial charge in [-0.25, -0.2) is 0 Å². The summed E-state index contributed by atoms with van der Waals surface area (Å²) in [6, 6.07) is 1.82. The summed E-state index contributed by atoms with van der Waals surface area (Å²) in [5.74, 6) is 0.193. The van der Waals surface area contributed by atoms with Gasteiger partial charge < -0.3 is 10.0 Å². The SMILES string of the molecule is CCc1nnc(C)cc1C(=O)N1CCC(O)C(CC)C1. The highest BCUT2D eigenvalue weighted by Gasteiger charge is 2.30. The molecular weight excluding hydrogens is 254 g/mol. The third-order valence-corrected chi connectivity index (χ3v) is 4.06. The van der Waals surface area contributed by atoms with Crippen molar-refractivity contribution < 1.29 is 9.90 Å². The Balaban J connectivity index is 2.21. The van der Waals surface area contributed by atoms with E-state index in [0.717, 1.165) is 17.8 Å². The van der Waals surface area contributed by atoms with Gasteiger partial charge in [-0.1, -0.05) is 13.8 Å². The smallest absolute Gasteiger partial charge is 0.255 e. The average Bonchev–Trinajstić information content (AvgIpc) is 2.47. The number of rotatable bonds is 3. The van der Waals surface area contributed by atoms with Crippen LogP contribution >= 0.6 is 0 Å². The van der Waals surface area contributed by atoms with Crippen LogP contribution in [0.2, 0.25) is 0 Å². The van der Waals surface area contributed by atoms with E-state index in [0.29, 0.717) is 31.5 Å². The summed E-state index contributed by atoms with van der Waals surface area (Å²) >= 11 is 0. The second-order valence-electron chi connectivity index (χ2n) is 5.48. The molecule has 5 nitrogen and oxygen atoms in total. The van der Waals surface area contributed by atoms with Crippen molar-refractivity contribution in [1.29, 1.82) is 0 Å². The summed E-state index contributed by atoms with van der Waals surface area (Å²) in [5, 5.41) is 18.1. The Hall–Kier alpha value is -1.49. The standard InChI is InChI=1S/C15H23N3O2/c1-4-11-9-18(7-6-14(11)19)15(20)12-8-10(3)16-17-13(12)5-2/h8,11,14,19H,4-7,9H2,1-3H3. The fourth-order valence-corrected chi connectivity index (χ4v) is 2.74. The van der Waals surface area contributed by atoms with E-state index in [-0.39, 0.29) is 17.9 Å². The van der Waals surface area contributed by atoms with Gasteiger partial charge in [0.1, 0.15) is 0 Å². The minimum absolute atomic E-state index is 0.0187. The molecular formula is C15H23N3O2. The number of carbonyl (C=O) groups is 1. The van der Waals surface area contributed by atoms with Gasteiger partial charge in [0.2, 0.25) is 0 Å². The minimum atomic E-state index is -0.285. The van der Waals surface area contributed by atoms with Gasteiger partial charge >= 0.3 is 0 Å². The van der Waals surface area contributed by atoms with Crippen LogP contribution in [0.4, 0.5) is 0 Å². The van der Waals surface area contributed by atoms with Gasteiger partial charge in [-0.05, 0) is 32.3 Å². The number of amides is 1. The molecule has 2 heterocycles. The fourth-order valence-electron chi connectivity index (χ4n) is 2.74. The molecule has 0 saturated carbocycles. The molecule has 1 saturated heterocycles. The van der Waals surface area contributed by atoms with Gasteiger partial charge in [0.25, 0.3) is 5.91 Å². The molecule has 2 unspecified atom stereocenters. The first-order chi connectivity index (χ1) is 9.56. The number of hydrogen-bond acceptors (Lipinski definition) is 4. The highest BCUT2D eigenvalue weighted by atomic mass is 16.3. The van der Waals surface area contributed by atoms with E-state index in [2.05, 4.69) is 17.1 Å². The van der Waals surface area contributed by atoms with Crippen molar-refractivity contribution in [1.82, 2.24) is 15.1 Å². The lowest BCUT2D eigenvalue weighted by atomic mass is 9.92. The first-order valence-corrected chi connectivity index (χ1v) is 7.37. The van der Waals surface area contributed by atoms with Crippen molar-refractivity contribution in [2.24, 2.45) is 5.92 Å². The molecule has 1 aliphatic rings. The third kappa shape index (κ3) is 2.98. The lowest BCUT2D eigenvalue weighted by Gasteiger charge is -2.36. The van der Waals surface area contributed by atoms with Crippen molar-refractivity contribution in [3.05, 3.63) is 23.0 Å². The molecule has 0 radical (unpaired) electrons. The van der Waals surface area contributed by atoms with Crippen LogP contribution in [0.3, 0.4) is 0 Å². The maximum Gasteiger partial charge on any atom is 0.255 e. The van der Waals surface area contributed by atoms with Crippen molar-refractivity contribution in [2.75, 3.05) is 13.1 Å². The summed E-state index contributed by atoms with van der Waals surface area (Å²) in [6.07, 6.45) is 1.96. The zero-order valence-corrected chi connectivity index (χ0v) is 12.5. The van der Waals surface area contributed by atoms with Crippen molar-refractivity contribution in [3.63, 3.8) is 0 Å². The van der Waals surface area contributed by atoms with Gasteiger partial charge in [-0.3, -0.25) is 4.79 Å². The van der Waals surface area contributed by atoms with E-state index in [9.17, 15) is 9.90 Å². The largest absolute Gasteiger partial charge is 0.393 e. The third-order valence-electron chi connectivity index (χ3n) is 4.06. The number of aliphatic hydroxyl groups excluding tert-OH is 1. The maximum absolute atomic E-state index is 12.7. The molecule has 5 heteroatoms. The summed E-state index contributed by atoms with van der Waals surface area (Å²) in [6.45, 7) is 7.11. The first kappa shape index (κ1) is 14.9. The van der Waals surface area contributed by atoms with Crippen LogP contribution in [0.25, 0.3) is 0 Å². The number of hydrogen-bond donors (Lipinski definition) is 1. The number of likely N-dealkylation sites (tertiary alicyclic amines) is 1. The Bertz CT molecular complexity index is 490. The van der Waals surface area contributed by atoms with Gasteiger partial charge in [0, 0.05) is 19.0 Å². The van der Waals surface area contributed by atoms with E-state index < -0.39 is 0 Å². The molecule has 20 heavy (non-hydrogen) atoms. The molecule has 1 amide bonds. The molecule has 2 rings (SSSR count). The van der Waals surface area contributed by atoms with Gasteiger partial charge in [-0.15, -0.1) is 0 Å². The average molecular weight is 277 g/mol. The van der Waals surface area contributed by atoms with Crippen molar-refractivity contribution in [3.8, 4) is 0 Å². The minimum Gasteiger partial charge on any atom is -0.393 e. The summed E-state index contributed by atoms with van der Waals surface area (Å²) in [7, 11) is 0. The molecule has 0 bridgehead atoms. The van der Waals surface area contributed by atoms with Crippen LogP contribution in [-0.4, -0.2) is 45.3 Å². The van der Waals surface area contributed by atoms with Gasteiger partial charge in [0.15, 0.2) is 0 Å². The molecule has 0 aromatic carbocycles. The van der Waals surface area contributed by atoms with Gasteiger partial charge in [-0.2, -0.15) is 10.2 Å². The first-order valence-electron chi connectivity index (χ1n) is 7.37. The molecule has 1 fully saturated rings. The molecule has 0 aliphatic carbocycles. The summed E-state index contributed by atoms with van der Waals surface area (Å²) in [4.78, 5) is 14.5. The Kier molecular flexibility index (Phi) is 4.70. The van der Waals surface area contributed by atoms with E-state index >= 15 is 0 Å². The molecule has 110 valence electrons. The Morgan fingerprint density at radius 2 is 2.20 bits per heavy atom. The van der Waals surface area contributed by atoms with Crippen LogP contribution in [0.5, 0.6) is 0 Å². The number of nitrogens with zero attached hydrogens (tertiary/aromatic N) is 3. The van der Waals surface area contributed by atoms with E-state index in [1.165, 1.54) is 0 Å². The second-order valence-corrected chi connectivity index (χ2v) is 5.48. The summed E-state index contributed by atoms with van der Waals surface area (Å²) in [5.41, 5.74) is 2.17. The number of aliphatic hydroxyl groups is 1. The van der Waals surface area contributed by atoms with Crippen molar-refractivity contribution >= 4 is 5.91 Å². The topological polar surface area (TPSA) is 66.3 Å². The predicted molar refractivity (Wildman–Crippen MR) is 76.5 cm³/mol. The normalized spacial score (nSPS) is 22.9. The molecule has 1 aromatic heterocycles. The Morgan fingerprint density at radius 1 is 1.45 bits per heavy atom. The molecule has 1 aliphatic heterocycles. The monoisotopic (exact) mass is 277 g/mol. The zero-order valence-electron chi connectivity index (χ0n) is 12.5. The number of aromatic nitrogens is 2.